The van der Waals surface area contributed by atoms with Crippen LogP contribution in [0.1, 0.15) is 80.1 Å². The highest BCUT2D eigenvalue weighted by molar-refractivity contribution is 5.99. The molecule has 15 N–H and O–H groups in total. The minimum absolute atomic E-state index is 0.0293. The van der Waals surface area contributed by atoms with Crippen molar-refractivity contribution in [1.29, 1.82) is 0 Å². The minimum Gasteiger partial charge on any atom is -0.480 e. The largest absolute Gasteiger partial charge is 0.480 e. The summed E-state index contributed by atoms with van der Waals surface area (Å²) >= 11 is 0. The Balaban J connectivity index is 3.03. The Labute approximate surface area is 347 Å². The van der Waals surface area contributed by atoms with Gasteiger partial charge in [0.25, 0.3) is 0 Å². The van der Waals surface area contributed by atoms with Crippen LogP contribution in [0.5, 0.6) is 0 Å². The highest BCUT2D eigenvalue weighted by Crippen LogP contribution is 2.19. The molecule has 1 fully saturated rings. The maximum Gasteiger partial charge on any atom is 0.325 e. The molecule has 0 aromatic rings. The number of amides is 10. The molecule has 1 rings (SSSR count). The molecule has 0 aromatic heterocycles. The Morgan fingerprint density at radius 1 is 0.700 bits per heavy atom. The molecule has 0 aromatic carbocycles. The van der Waals surface area contributed by atoms with Crippen molar-refractivity contribution >= 4 is 65.0 Å². The van der Waals surface area contributed by atoms with Gasteiger partial charge in [-0.3, -0.25) is 52.7 Å². The van der Waals surface area contributed by atoms with Crippen molar-refractivity contribution in [3.05, 3.63) is 0 Å². The van der Waals surface area contributed by atoms with Crippen molar-refractivity contribution in [1.82, 2.24) is 42.1 Å². The molecule has 0 bridgehead atoms. The molecule has 0 radical (unpaired) electrons. The van der Waals surface area contributed by atoms with Gasteiger partial charge in [0.15, 0.2) is 0 Å². The summed E-state index contributed by atoms with van der Waals surface area (Å²) in [7, 11) is 0. The molecular weight excluding hydrogens is 794 g/mol. The van der Waals surface area contributed by atoms with Crippen molar-refractivity contribution in [2.75, 3.05) is 19.7 Å². The Morgan fingerprint density at radius 3 is 1.78 bits per heavy atom. The van der Waals surface area contributed by atoms with Gasteiger partial charge in [0.1, 0.15) is 42.3 Å². The lowest BCUT2D eigenvalue weighted by Gasteiger charge is -2.29. The van der Waals surface area contributed by atoms with E-state index in [1.807, 2.05) is 0 Å². The molecule has 9 atom stereocenters. The number of hydrogen-bond acceptors (Lipinski definition) is 13. The fourth-order valence-electron chi connectivity index (χ4n) is 5.91. The molecule has 0 aliphatic carbocycles. The number of rotatable bonds is 25. The first-order valence-corrected chi connectivity index (χ1v) is 19.5. The lowest BCUT2D eigenvalue weighted by atomic mass is 9.98. The second-order valence-electron chi connectivity index (χ2n) is 15.1. The number of likely N-dealkylation sites (tertiary alicyclic amines) is 1. The van der Waals surface area contributed by atoms with Gasteiger partial charge in [-0.1, -0.05) is 34.1 Å². The molecule has 338 valence electrons. The van der Waals surface area contributed by atoms with E-state index in [9.17, 15) is 57.8 Å². The molecule has 0 saturated carbocycles. The van der Waals surface area contributed by atoms with E-state index >= 15 is 0 Å². The van der Waals surface area contributed by atoms with E-state index in [0.717, 1.165) is 4.90 Å². The summed E-state index contributed by atoms with van der Waals surface area (Å²) in [6, 6.07) is -10.7. The summed E-state index contributed by atoms with van der Waals surface area (Å²) in [5, 5.41) is 35.4. The number of nitrogens with zero attached hydrogens (tertiary/aromatic N) is 1. The molecule has 1 aliphatic heterocycles. The van der Waals surface area contributed by atoms with Gasteiger partial charge in [0, 0.05) is 6.54 Å². The number of nitrogens with one attached hydrogen (secondary N) is 7. The van der Waals surface area contributed by atoms with Gasteiger partial charge in [0.2, 0.25) is 59.1 Å². The van der Waals surface area contributed by atoms with Crippen molar-refractivity contribution in [3.8, 4) is 0 Å². The molecule has 1 saturated heterocycles. The second kappa shape index (κ2) is 24.9. The van der Waals surface area contributed by atoms with Crippen LogP contribution in [0, 0.1) is 11.8 Å². The lowest BCUT2D eigenvalue weighted by molar-refractivity contribution is -0.143. The number of hydrogen-bond donors (Lipinski definition) is 12. The van der Waals surface area contributed by atoms with E-state index in [-0.39, 0.29) is 25.3 Å². The fraction of sp³-hybridized carbons (Fsp3) is 0.694. The third kappa shape index (κ3) is 17.1. The highest BCUT2D eigenvalue weighted by Gasteiger charge is 2.39. The summed E-state index contributed by atoms with van der Waals surface area (Å²) < 4.78 is 0. The van der Waals surface area contributed by atoms with E-state index in [0.29, 0.717) is 12.8 Å². The lowest BCUT2D eigenvalue weighted by Crippen LogP contribution is -2.60. The molecule has 0 spiro atoms. The fourth-order valence-corrected chi connectivity index (χ4v) is 5.91. The quantitative estimate of drug-likeness (QED) is 0.0407. The van der Waals surface area contributed by atoms with Crippen LogP contribution < -0.4 is 54.4 Å². The van der Waals surface area contributed by atoms with Crippen molar-refractivity contribution in [2.24, 2.45) is 29.0 Å². The molecule has 10 amide bonds. The number of primary amides is 2. The topological polar surface area (TPSA) is 394 Å². The Kier molecular flexibility index (Phi) is 21.6. The summed E-state index contributed by atoms with van der Waals surface area (Å²) in [5.41, 5.74) is 16.0. The second-order valence-corrected chi connectivity index (χ2v) is 15.1. The predicted molar refractivity (Wildman–Crippen MR) is 210 cm³/mol. The average molecular weight is 856 g/mol. The highest BCUT2D eigenvalue weighted by atomic mass is 16.4. The molecule has 60 heavy (non-hydrogen) atoms. The third-order valence-electron chi connectivity index (χ3n) is 9.49. The molecule has 24 heteroatoms. The summed E-state index contributed by atoms with van der Waals surface area (Å²) in [4.78, 5) is 140. The molecule has 0 unspecified atom stereocenters. The van der Waals surface area contributed by atoms with E-state index in [4.69, 9.17) is 22.3 Å². The zero-order valence-electron chi connectivity index (χ0n) is 34.7. The van der Waals surface area contributed by atoms with Crippen LogP contribution >= 0.6 is 0 Å². The Hall–Kier alpha value is -5.91. The normalized spacial score (nSPS) is 17.6. The number of carboxylic acid groups (broad SMARTS) is 1. The van der Waals surface area contributed by atoms with Crippen LogP contribution in [0.2, 0.25) is 0 Å². The van der Waals surface area contributed by atoms with Gasteiger partial charge < -0.3 is 69.5 Å². The van der Waals surface area contributed by atoms with Gasteiger partial charge in [-0.25, -0.2) is 0 Å². The average Bonchev–Trinajstić information content (AvgIpc) is 3.66. The number of nitrogens with two attached hydrogens (primary N) is 3. The van der Waals surface area contributed by atoms with Gasteiger partial charge >= 0.3 is 5.97 Å². The maximum absolute atomic E-state index is 13.7. The van der Waals surface area contributed by atoms with Gasteiger partial charge in [-0.15, -0.1) is 0 Å². The number of carboxylic acids is 1. The number of aliphatic hydroxyl groups is 1. The summed E-state index contributed by atoms with van der Waals surface area (Å²) in [6.07, 6.45) is -0.265. The maximum atomic E-state index is 13.7. The van der Waals surface area contributed by atoms with Crippen LogP contribution in [-0.4, -0.2) is 148 Å². The van der Waals surface area contributed by atoms with E-state index in [1.165, 1.54) is 13.8 Å². The smallest absolute Gasteiger partial charge is 0.325 e. The van der Waals surface area contributed by atoms with Crippen LogP contribution in [0.25, 0.3) is 0 Å². The van der Waals surface area contributed by atoms with Gasteiger partial charge in [0.05, 0.1) is 32.0 Å². The van der Waals surface area contributed by atoms with Crippen LogP contribution in [0.3, 0.4) is 0 Å². The van der Waals surface area contributed by atoms with Crippen LogP contribution in [0.15, 0.2) is 0 Å². The van der Waals surface area contributed by atoms with Crippen molar-refractivity contribution < 1.29 is 63.0 Å². The molecule has 1 heterocycles. The predicted octanol–water partition coefficient (Wildman–Crippen LogP) is -5.71. The van der Waals surface area contributed by atoms with Crippen molar-refractivity contribution in [2.45, 2.75) is 128 Å². The monoisotopic (exact) mass is 855 g/mol. The van der Waals surface area contributed by atoms with E-state index in [1.54, 1.807) is 27.7 Å². The molecule has 24 nitrogen and oxygen atoms in total. The molecular formula is C36H61N11O13. The number of aliphatic hydroxyl groups excluding tert-OH is 1. The van der Waals surface area contributed by atoms with Crippen LogP contribution in [0.4, 0.5) is 0 Å². The first-order chi connectivity index (χ1) is 27.9. The minimum atomic E-state index is -1.59. The van der Waals surface area contributed by atoms with Gasteiger partial charge in [-0.2, -0.15) is 0 Å². The number of carbonyl (C=O) groups is 11. The standard InChI is InChI=1S/C36H61N11O13/c1-7-17(4)28(34(57)42-19(6)36(59)60)46-27(51)14-40-33(56)24-9-8-10-47(24)35(58)22(13-26(39)50)44-29(52)18(5)41-31(54)21(11-16(2)3)43-32(55)23(15-48)45-30(53)20(37)12-25(38)49/h16-24,28,48H,7-15,37H2,1-6H3,(H2,38,49)(H2,39,50)(H,40,56)(H,41,54)(H,42,57)(H,43,55)(H,44,52)(H,45,53)(H,46,51)(H,59,60)/t17-,18-,19-,20-,21-,22-,23-,24-,28-/m0/s1. The first-order valence-electron chi connectivity index (χ1n) is 19.5. The third-order valence-corrected chi connectivity index (χ3v) is 9.49. The summed E-state index contributed by atoms with van der Waals surface area (Å²) in [6.45, 7) is 7.92. The Morgan fingerprint density at radius 2 is 1.25 bits per heavy atom. The Bertz CT molecular complexity index is 1610. The van der Waals surface area contributed by atoms with Gasteiger partial charge in [-0.05, 0) is 44.9 Å². The van der Waals surface area contributed by atoms with E-state index < -0.39 is 145 Å². The summed E-state index contributed by atoms with van der Waals surface area (Å²) in [5.74, 6) is -10.6. The number of aliphatic carboxylic acids is 1. The van der Waals surface area contributed by atoms with E-state index in [2.05, 4.69) is 37.2 Å². The molecule has 1 aliphatic rings. The zero-order chi connectivity index (χ0) is 46.0. The zero-order valence-corrected chi connectivity index (χ0v) is 34.7. The SMILES string of the molecule is CC[C@H](C)[C@H](NC(=O)CNC(=O)[C@@H]1CCCN1C(=O)[C@H](CC(N)=O)NC(=O)[C@H](C)NC(=O)[C@H](CC(C)C)NC(=O)[C@H](CO)NC(=O)[C@@H](N)CC(N)=O)C(=O)N[C@@H](C)C(=O)O. The first kappa shape index (κ1) is 52.1. The number of carbonyl (C=O) groups excluding carboxylic acids is 10. The van der Waals surface area contributed by atoms with Crippen molar-refractivity contribution in [3.63, 3.8) is 0 Å². The van der Waals surface area contributed by atoms with Crippen LogP contribution in [-0.2, 0) is 52.7 Å².